The Morgan fingerprint density at radius 1 is 1.00 bits per heavy atom. The van der Waals surface area contributed by atoms with Crippen LogP contribution in [0, 0.1) is 11.3 Å². The van der Waals surface area contributed by atoms with Gasteiger partial charge in [0, 0.05) is 11.8 Å². The van der Waals surface area contributed by atoms with Crippen molar-refractivity contribution in [3.05, 3.63) is 71.5 Å². The van der Waals surface area contributed by atoms with Gasteiger partial charge in [-0.05, 0) is 17.7 Å². The Bertz CT molecular complexity index is 785. The molecule has 2 aromatic carbocycles. The van der Waals surface area contributed by atoms with E-state index in [-0.39, 0.29) is 0 Å². The number of aromatic nitrogens is 2. The molecule has 4 heteroatoms. The maximum atomic E-state index is 9.21. The molecule has 20 heavy (non-hydrogen) atoms. The highest BCUT2D eigenvalue weighted by Gasteiger charge is 2.10. The number of benzene rings is 2. The Balaban J connectivity index is 2.08. The minimum atomic E-state index is 0.428. The molecule has 0 spiro atoms. The molecule has 3 nitrogen and oxygen atoms in total. The van der Waals surface area contributed by atoms with Crippen LogP contribution in [0.15, 0.2) is 60.9 Å². The van der Waals surface area contributed by atoms with Crippen molar-refractivity contribution in [1.29, 1.82) is 5.26 Å². The van der Waals surface area contributed by atoms with E-state index < -0.39 is 0 Å². The van der Waals surface area contributed by atoms with E-state index in [0.717, 1.165) is 11.1 Å². The summed E-state index contributed by atoms with van der Waals surface area (Å²) in [4.78, 5) is 0. The molecule has 3 rings (SSSR count). The van der Waals surface area contributed by atoms with Crippen molar-refractivity contribution in [3.8, 4) is 22.9 Å². The van der Waals surface area contributed by atoms with Crippen LogP contribution in [-0.2, 0) is 0 Å². The number of nitriles is 1. The van der Waals surface area contributed by atoms with Gasteiger partial charge in [-0.15, -0.1) is 0 Å². The summed E-state index contributed by atoms with van der Waals surface area (Å²) in [5.74, 6) is 0. The van der Waals surface area contributed by atoms with Gasteiger partial charge in [-0.25, -0.2) is 4.68 Å². The summed E-state index contributed by atoms with van der Waals surface area (Å²) in [5.41, 5.74) is 3.19. The van der Waals surface area contributed by atoms with Gasteiger partial charge in [0.2, 0.25) is 0 Å². The third-order valence-electron chi connectivity index (χ3n) is 3.04. The molecule has 0 saturated carbocycles. The molecule has 0 fully saturated rings. The summed E-state index contributed by atoms with van der Waals surface area (Å²) >= 11 is 6.04. The zero-order chi connectivity index (χ0) is 13.9. The second-order valence-electron chi connectivity index (χ2n) is 4.29. The van der Waals surface area contributed by atoms with Crippen LogP contribution in [-0.4, -0.2) is 9.78 Å². The van der Waals surface area contributed by atoms with E-state index in [1.165, 1.54) is 0 Å². The SMILES string of the molecule is N#Cc1c(Cl)cccc1-n1cc(-c2ccccc2)cn1. The summed E-state index contributed by atoms with van der Waals surface area (Å²) in [7, 11) is 0. The van der Waals surface area contributed by atoms with Crippen molar-refractivity contribution >= 4 is 11.6 Å². The lowest BCUT2D eigenvalue weighted by Gasteiger charge is -2.04. The summed E-state index contributed by atoms with van der Waals surface area (Å²) < 4.78 is 1.67. The van der Waals surface area contributed by atoms with Crippen LogP contribution in [0.4, 0.5) is 0 Å². The normalized spacial score (nSPS) is 10.2. The van der Waals surface area contributed by atoms with Crippen LogP contribution < -0.4 is 0 Å². The summed E-state index contributed by atoms with van der Waals surface area (Å²) in [6, 6.07) is 17.4. The molecule has 3 aromatic rings. The zero-order valence-electron chi connectivity index (χ0n) is 10.5. The van der Waals surface area contributed by atoms with E-state index in [4.69, 9.17) is 11.6 Å². The van der Waals surface area contributed by atoms with Crippen LogP contribution in [0.5, 0.6) is 0 Å². The second-order valence-corrected chi connectivity index (χ2v) is 4.69. The van der Waals surface area contributed by atoms with E-state index in [9.17, 15) is 5.26 Å². The highest BCUT2D eigenvalue weighted by atomic mass is 35.5. The number of hydrogen-bond acceptors (Lipinski definition) is 2. The molecule has 0 aliphatic rings. The third kappa shape index (κ3) is 2.18. The van der Waals surface area contributed by atoms with Crippen LogP contribution in [0.25, 0.3) is 16.8 Å². The molecule has 0 saturated heterocycles. The fraction of sp³-hybridized carbons (Fsp3) is 0. The van der Waals surface area contributed by atoms with Gasteiger partial charge in [0.1, 0.15) is 6.07 Å². The van der Waals surface area contributed by atoms with Gasteiger partial charge in [-0.1, -0.05) is 48.0 Å². The average Bonchev–Trinajstić information content (AvgIpc) is 2.97. The van der Waals surface area contributed by atoms with Gasteiger partial charge in [0.25, 0.3) is 0 Å². The van der Waals surface area contributed by atoms with Gasteiger partial charge in [0.15, 0.2) is 0 Å². The van der Waals surface area contributed by atoms with Crippen molar-refractivity contribution in [3.63, 3.8) is 0 Å². The highest BCUT2D eigenvalue weighted by molar-refractivity contribution is 6.32. The lowest BCUT2D eigenvalue weighted by atomic mass is 10.1. The molecule has 0 radical (unpaired) electrons. The Morgan fingerprint density at radius 2 is 1.80 bits per heavy atom. The molecule has 1 aromatic heterocycles. The quantitative estimate of drug-likeness (QED) is 0.710. The molecule has 0 amide bonds. The van der Waals surface area contributed by atoms with Crippen LogP contribution in [0.1, 0.15) is 5.56 Å². The van der Waals surface area contributed by atoms with Gasteiger partial charge < -0.3 is 0 Å². The molecule has 0 unspecified atom stereocenters. The number of hydrogen-bond donors (Lipinski definition) is 0. The number of rotatable bonds is 2. The first kappa shape index (κ1) is 12.5. The zero-order valence-corrected chi connectivity index (χ0v) is 11.2. The molecular weight excluding hydrogens is 270 g/mol. The number of nitrogens with zero attached hydrogens (tertiary/aromatic N) is 3. The van der Waals surface area contributed by atoms with Gasteiger partial charge in [0.05, 0.1) is 22.5 Å². The molecule has 0 bridgehead atoms. The molecule has 0 N–H and O–H groups in total. The van der Waals surface area contributed by atoms with Gasteiger partial charge in [-0.3, -0.25) is 0 Å². The highest BCUT2D eigenvalue weighted by Crippen LogP contribution is 2.24. The Labute approximate surface area is 121 Å². The monoisotopic (exact) mass is 279 g/mol. The van der Waals surface area contributed by atoms with Crippen LogP contribution in [0.2, 0.25) is 5.02 Å². The Kier molecular flexibility index (Phi) is 3.24. The molecule has 1 heterocycles. The first-order valence-corrected chi connectivity index (χ1v) is 6.46. The minimum Gasteiger partial charge on any atom is -0.239 e. The Hall–Kier alpha value is -2.57. The predicted octanol–water partition coefficient (Wildman–Crippen LogP) is 4.06. The lowest BCUT2D eigenvalue weighted by molar-refractivity contribution is 0.877. The largest absolute Gasteiger partial charge is 0.239 e. The van der Waals surface area contributed by atoms with E-state index in [1.807, 2.05) is 48.7 Å². The maximum absolute atomic E-state index is 9.21. The van der Waals surface area contributed by atoms with Crippen LogP contribution in [0.3, 0.4) is 0 Å². The van der Waals surface area contributed by atoms with E-state index in [2.05, 4.69) is 11.2 Å². The van der Waals surface area contributed by atoms with Crippen LogP contribution >= 0.6 is 11.6 Å². The second kappa shape index (κ2) is 5.20. The van der Waals surface area contributed by atoms with Crippen molar-refractivity contribution in [1.82, 2.24) is 9.78 Å². The smallest absolute Gasteiger partial charge is 0.103 e. The van der Waals surface area contributed by atoms with Gasteiger partial charge in [-0.2, -0.15) is 10.4 Å². The Morgan fingerprint density at radius 3 is 2.55 bits per heavy atom. The molecule has 96 valence electrons. The standard InChI is InChI=1S/C16H10ClN3/c17-15-7-4-8-16(14(15)9-18)20-11-13(10-19-20)12-5-2-1-3-6-12/h1-8,10-11H. The third-order valence-corrected chi connectivity index (χ3v) is 3.35. The molecule has 0 aliphatic carbocycles. The fourth-order valence-electron chi connectivity index (χ4n) is 2.05. The van der Waals surface area contributed by atoms with E-state index in [0.29, 0.717) is 16.3 Å². The molecule has 0 atom stereocenters. The topological polar surface area (TPSA) is 41.6 Å². The first-order chi connectivity index (χ1) is 9.79. The molecular formula is C16H10ClN3. The van der Waals surface area contributed by atoms with Gasteiger partial charge >= 0.3 is 0 Å². The maximum Gasteiger partial charge on any atom is 0.103 e. The fourth-order valence-corrected chi connectivity index (χ4v) is 2.26. The first-order valence-electron chi connectivity index (χ1n) is 6.08. The predicted molar refractivity (Wildman–Crippen MR) is 78.7 cm³/mol. The van der Waals surface area contributed by atoms with Crippen molar-refractivity contribution in [2.24, 2.45) is 0 Å². The number of halogens is 1. The average molecular weight is 280 g/mol. The minimum absolute atomic E-state index is 0.428. The van der Waals surface area contributed by atoms with E-state index in [1.54, 1.807) is 16.9 Å². The van der Waals surface area contributed by atoms with Crippen molar-refractivity contribution in [2.75, 3.05) is 0 Å². The summed E-state index contributed by atoms with van der Waals surface area (Å²) in [6.45, 7) is 0. The summed E-state index contributed by atoms with van der Waals surface area (Å²) in [5, 5.41) is 14.0. The van der Waals surface area contributed by atoms with Crippen molar-refractivity contribution in [2.45, 2.75) is 0 Å². The summed E-state index contributed by atoms with van der Waals surface area (Å²) in [6.07, 6.45) is 3.67. The van der Waals surface area contributed by atoms with Crippen molar-refractivity contribution < 1.29 is 0 Å². The molecule has 0 aliphatic heterocycles. The van der Waals surface area contributed by atoms with E-state index >= 15 is 0 Å². The lowest BCUT2D eigenvalue weighted by Crippen LogP contribution is -1.98.